The molecule has 0 spiro atoms. The van der Waals surface area contributed by atoms with E-state index in [0.29, 0.717) is 7.11 Å². The number of ether oxygens (including phenoxy) is 1. The number of nitro groups is 1. The van der Waals surface area contributed by atoms with Crippen LogP contribution in [-0.2, 0) is 17.1 Å². The molecule has 0 unspecified atom stereocenters. The Morgan fingerprint density at radius 3 is 2.00 bits per heavy atom. The van der Waals surface area contributed by atoms with Crippen molar-refractivity contribution in [3.05, 3.63) is 38.9 Å². The molecule has 0 radical (unpaired) electrons. The average Bonchev–Trinajstić information content (AvgIpc) is 2.33. The van der Waals surface area contributed by atoms with Gasteiger partial charge < -0.3 is 4.74 Å². The number of non-ortho nitro benzene ring substituents is 1. The van der Waals surface area contributed by atoms with Crippen molar-refractivity contribution in [2.24, 2.45) is 0 Å². The molecule has 0 aliphatic heterocycles. The molecule has 21 heavy (non-hydrogen) atoms. The topological polar surface area (TPSA) is 69.4 Å². The van der Waals surface area contributed by atoms with Gasteiger partial charge >= 0.3 is 18.3 Å². The Bertz CT molecular complexity index is 592. The molecule has 0 saturated carbocycles. The molecule has 0 bridgehead atoms. The largest absolute Gasteiger partial charge is 0.465 e. The molecular formula is C10H5F6NO4. The van der Waals surface area contributed by atoms with E-state index < -0.39 is 45.6 Å². The lowest BCUT2D eigenvalue weighted by Gasteiger charge is -2.17. The maximum Gasteiger partial charge on any atom is 0.417 e. The van der Waals surface area contributed by atoms with Gasteiger partial charge in [-0.15, -0.1) is 0 Å². The molecule has 1 rings (SSSR count). The first-order chi connectivity index (χ1) is 9.39. The van der Waals surface area contributed by atoms with Crippen LogP contribution in [0.15, 0.2) is 12.1 Å². The van der Waals surface area contributed by atoms with Crippen LogP contribution in [0.1, 0.15) is 21.5 Å². The number of hydrogen-bond acceptors (Lipinski definition) is 4. The maximum atomic E-state index is 12.8. The molecule has 0 aromatic heterocycles. The van der Waals surface area contributed by atoms with Gasteiger partial charge in [0.2, 0.25) is 0 Å². The van der Waals surface area contributed by atoms with Crippen molar-refractivity contribution in [1.82, 2.24) is 0 Å². The molecule has 0 amide bonds. The van der Waals surface area contributed by atoms with Crippen molar-refractivity contribution in [3.63, 3.8) is 0 Å². The Hall–Kier alpha value is -2.33. The van der Waals surface area contributed by atoms with E-state index in [4.69, 9.17) is 0 Å². The van der Waals surface area contributed by atoms with E-state index in [9.17, 15) is 41.3 Å². The van der Waals surface area contributed by atoms with Gasteiger partial charge in [-0.25, -0.2) is 4.79 Å². The predicted octanol–water partition coefficient (Wildman–Crippen LogP) is 3.42. The second kappa shape index (κ2) is 5.22. The van der Waals surface area contributed by atoms with Crippen molar-refractivity contribution >= 4 is 11.7 Å². The van der Waals surface area contributed by atoms with Crippen molar-refractivity contribution in [3.8, 4) is 0 Å². The van der Waals surface area contributed by atoms with E-state index >= 15 is 0 Å². The molecule has 0 aliphatic rings. The molecule has 0 heterocycles. The monoisotopic (exact) mass is 317 g/mol. The van der Waals surface area contributed by atoms with Gasteiger partial charge in [-0.3, -0.25) is 10.1 Å². The van der Waals surface area contributed by atoms with Gasteiger partial charge in [0.25, 0.3) is 5.69 Å². The normalized spacial score (nSPS) is 12.1. The number of esters is 1. The number of hydrogen-bond donors (Lipinski definition) is 0. The van der Waals surface area contributed by atoms with E-state index in [-0.39, 0.29) is 12.1 Å². The number of carbonyl (C=O) groups excluding carboxylic acids is 1. The van der Waals surface area contributed by atoms with Crippen LogP contribution in [0.25, 0.3) is 0 Å². The van der Waals surface area contributed by atoms with Crippen LogP contribution in [0.4, 0.5) is 32.0 Å². The highest BCUT2D eigenvalue weighted by Crippen LogP contribution is 2.44. The highest BCUT2D eigenvalue weighted by atomic mass is 19.4. The zero-order chi connectivity index (χ0) is 16.6. The Labute approximate surface area is 112 Å². The van der Waals surface area contributed by atoms with Gasteiger partial charge in [0, 0.05) is 12.1 Å². The number of carbonyl (C=O) groups is 1. The second-order valence-electron chi connectivity index (χ2n) is 3.66. The predicted molar refractivity (Wildman–Crippen MR) is 54.4 cm³/mol. The van der Waals surface area contributed by atoms with Crippen molar-refractivity contribution in [1.29, 1.82) is 0 Å². The molecule has 1 aromatic carbocycles. The molecule has 0 aliphatic carbocycles. The molecule has 5 nitrogen and oxygen atoms in total. The second-order valence-corrected chi connectivity index (χ2v) is 3.66. The lowest BCUT2D eigenvalue weighted by Crippen LogP contribution is -2.22. The summed E-state index contributed by atoms with van der Waals surface area (Å²) in [6.45, 7) is 0. The molecule has 116 valence electrons. The summed E-state index contributed by atoms with van der Waals surface area (Å²) in [5.41, 5.74) is -7.54. The third-order valence-corrected chi connectivity index (χ3v) is 2.33. The fraction of sp³-hybridized carbons (Fsp3) is 0.300. The average molecular weight is 317 g/mol. The first-order valence-corrected chi connectivity index (χ1v) is 4.94. The number of alkyl halides is 6. The summed E-state index contributed by atoms with van der Waals surface area (Å²) in [6.07, 6.45) is -11.1. The van der Waals surface area contributed by atoms with Gasteiger partial charge in [0.15, 0.2) is 0 Å². The fourth-order valence-electron chi connectivity index (χ4n) is 1.53. The Morgan fingerprint density at radius 2 is 1.67 bits per heavy atom. The lowest BCUT2D eigenvalue weighted by molar-refractivity contribution is -0.385. The number of rotatable bonds is 2. The summed E-state index contributed by atoms with van der Waals surface area (Å²) in [7, 11) is 0.634. The Morgan fingerprint density at radius 1 is 1.14 bits per heavy atom. The summed E-state index contributed by atoms with van der Waals surface area (Å²) in [5, 5.41) is 10.5. The van der Waals surface area contributed by atoms with Crippen LogP contribution in [0.5, 0.6) is 0 Å². The van der Waals surface area contributed by atoms with Gasteiger partial charge in [-0.1, -0.05) is 0 Å². The van der Waals surface area contributed by atoms with Crippen LogP contribution >= 0.6 is 0 Å². The molecular weight excluding hydrogens is 312 g/mol. The summed E-state index contributed by atoms with van der Waals surface area (Å²) in [5.74, 6) is -1.77. The number of methoxy groups -OCH3 is 1. The van der Waals surface area contributed by atoms with Crippen LogP contribution in [0.3, 0.4) is 0 Å². The van der Waals surface area contributed by atoms with E-state index in [0.717, 1.165) is 0 Å². The first kappa shape index (κ1) is 16.7. The van der Waals surface area contributed by atoms with Crippen molar-refractivity contribution in [2.45, 2.75) is 12.4 Å². The van der Waals surface area contributed by atoms with Gasteiger partial charge in [-0.2, -0.15) is 26.3 Å². The zero-order valence-electron chi connectivity index (χ0n) is 10.0. The standard InChI is InChI=1S/C10H5F6NO4/c1-21-8(18)5-2-4(17(19)20)3-6(9(11,12)13)7(5)10(14,15)16/h2-3H,1H3. The smallest absolute Gasteiger partial charge is 0.417 e. The highest BCUT2D eigenvalue weighted by molar-refractivity contribution is 5.92. The van der Waals surface area contributed by atoms with Crippen LogP contribution < -0.4 is 0 Å². The SMILES string of the molecule is COC(=O)c1cc([N+](=O)[O-])cc(C(F)(F)F)c1C(F)(F)F. The zero-order valence-corrected chi connectivity index (χ0v) is 10.0. The minimum atomic E-state index is -5.55. The van der Waals surface area contributed by atoms with E-state index in [1.165, 1.54) is 0 Å². The van der Waals surface area contributed by atoms with Gasteiger partial charge in [-0.05, 0) is 0 Å². The number of nitro benzene ring substituents is 1. The van der Waals surface area contributed by atoms with Crippen LogP contribution in [-0.4, -0.2) is 18.0 Å². The van der Waals surface area contributed by atoms with Crippen molar-refractivity contribution < 1.29 is 40.8 Å². The maximum absolute atomic E-state index is 12.8. The molecule has 1 aromatic rings. The van der Waals surface area contributed by atoms with E-state index in [2.05, 4.69) is 4.74 Å². The fourth-order valence-corrected chi connectivity index (χ4v) is 1.53. The first-order valence-electron chi connectivity index (χ1n) is 4.94. The third kappa shape index (κ3) is 3.41. The third-order valence-electron chi connectivity index (χ3n) is 2.33. The molecule has 0 atom stereocenters. The van der Waals surface area contributed by atoms with Crippen molar-refractivity contribution in [2.75, 3.05) is 7.11 Å². The number of halogens is 6. The van der Waals surface area contributed by atoms with E-state index in [1.54, 1.807) is 0 Å². The van der Waals surface area contributed by atoms with Gasteiger partial charge in [0.05, 0.1) is 28.7 Å². The Balaban J connectivity index is 3.87. The molecule has 11 heteroatoms. The number of nitrogens with zero attached hydrogens (tertiary/aromatic N) is 1. The summed E-state index contributed by atoms with van der Waals surface area (Å²) in [4.78, 5) is 20.4. The minimum absolute atomic E-state index is 0.0872. The van der Waals surface area contributed by atoms with Gasteiger partial charge in [0.1, 0.15) is 0 Å². The minimum Gasteiger partial charge on any atom is -0.465 e. The quantitative estimate of drug-likeness (QED) is 0.363. The Kier molecular flexibility index (Phi) is 4.16. The number of benzene rings is 1. The molecule has 0 fully saturated rings. The van der Waals surface area contributed by atoms with Crippen LogP contribution in [0, 0.1) is 10.1 Å². The summed E-state index contributed by atoms with van der Waals surface area (Å²) < 4.78 is 80.4. The molecule has 0 saturated heterocycles. The molecule has 0 N–H and O–H groups in total. The summed E-state index contributed by atoms with van der Waals surface area (Å²) >= 11 is 0. The summed E-state index contributed by atoms with van der Waals surface area (Å²) in [6, 6.07) is -0.195. The highest BCUT2D eigenvalue weighted by Gasteiger charge is 2.47. The van der Waals surface area contributed by atoms with E-state index in [1.807, 2.05) is 0 Å². The van der Waals surface area contributed by atoms with Crippen LogP contribution in [0.2, 0.25) is 0 Å². The lowest BCUT2D eigenvalue weighted by atomic mass is 9.98.